The van der Waals surface area contributed by atoms with E-state index in [2.05, 4.69) is 42.7 Å². The number of hydrogen-bond acceptors (Lipinski definition) is 0. The van der Waals surface area contributed by atoms with Gasteiger partial charge in [0.25, 0.3) is 0 Å². The molecule has 0 saturated heterocycles. The minimum atomic E-state index is -1.41. The third-order valence-electron chi connectivity index (χ3n) is 3.68. The Hall–Kier alpha value is 0.910. The first-order chi connectivity index (χ1) is 7.39. The normalized spacial score (nSPS) is 14.7. The van der Waals surface area contributed by atoms with Gasteiger partial charge in [-0.15, -0.1) is 0 Å². The summed E-state index contributed by atoms with van der Waals surface area (Å²) in [7, 11) is 0. The quantitative estimate of drug-likeness (QED) is 0.329. The van der Waals surface area contributed by atoms with Crippen LogP contribution in [0.25, 0.3) is 0 Å². The standard InChI is InChI=1S/C14H32BrP/c1-5-7-8-9-10-11-12-13-14-16(3,4,15)6-2/h5-14H2,1-4H3. The van der Waals surface area contributed by atoms with Crippen LogP contribution in [0.1, 0.15) is 65.2 Å². The van der Waals surface area contributed by atoms with Crippen LogP contribution in [0.5, 0.6) is 0 Å². The molecule has 0 aromatic heterocycles. The van der Waals surface area contributed by atoms with Gasteiger partial charge in [0.1, 0.15) is 0 Å². The van der Waals surface area contributed by atoms with Crippen LogP contribution >= 0.6 is 20.8 Å². The van der Waals surface area contributed by atoms with Gasteiger partial charge in [-0.1, -0.05) is 0 Å². The van der Waals surface area contributed by atoms with E-state index in [9.17, 15) is 0 Å². The molecule has 0 rings (SSSR count). The molecule has 0 aliphatic heterocycles. The molecular formula is C14H32BrP. The number of rotatable bonds is 10. The molecule has 0 N–H and O–H groups in total. The predicted molar refractivity (Wildman–Crippen MR) is 85.7 cm³/mol. The zero-order chi connectivity index (χ0) is 12.5. The Bertz CT molecular complexity index is 169. The van der Waals surface area contributed by atoms with E-state index in [4.69, 9.17) is 0 Å². The van der Waals surface area contributed by atoms with Crippen LogP contribution in [0, 0.1) is 0 Å². The number of halogens is 1. The molecule has 0 atom stereocenters. The van der Waals surface area contributed by atoms with E-state index in [1.807, 2.05) is 0 Å². The van der Waals surface area contributed by atoms with Crippen molar-refractivity contribution in [2.75, 3.05) is 25.7 Å². The second-order valence-corrected chi connectivity index (χ2v) is 19.4. The van der Waals surface area contributed by atoms with Gasteiger partial charge in [0, 0.05) is 0 Å². The van der Waals surface area contributed by atoms with Gasteiger partial charge < -0.3 is 0 Å². The van der Waals surface area contributed by atoms with Gasteiger partial charge in [0.2, 0.25) is 0 Å². The first kappa shape index (κ1) is 16.9. The third kappa shape index (κ3) is 10.1. The van der Waals surface area contributed by atoms with Gasteiger partial charge in [-0.2, -0.15) is 0 Å². The zero-order valence-electron chi connectivity index (χ0n) is 11.9. The Balaban J connectivity index is 3.34. The molecule has 0 fully saturated rings. The van der Waals surface area contributed by atoms with Crippen LogP contribution in [0.3, 0.4) is 0 Å². The summed E-state index contributed by atoms with van der Waals surface area (Å²) in [5.74, 6) is 0. The molecule has 0 radical (unpaired) electrons. The van der Waals surface area contributed by atoms with Crippen LogP contribution in [-0.2, 0) is 0 Å². The van der Waals surface area contributed by atoms with Crippen molar-refractivity contribution in [3.05, 3.63) is 0 Å². The Morgan fingerprint density at radius 2 is 1.19 bits per heavy atom. The molecule has 0 aromatic carbocycles. The molecule has 0 aliphatic rings. The number of hydrogen-bond donors (Lipinski definition) is 0. The van der Waals surface area contributed by atoms with E-state index < -0.39 is 5.31 Å². The summed E-state index contributed by atoms with van der Waals surface area (Å²) in [4.78, 5) is 0. The van der Waals surface area contributed by atoms with Crippen LogP contribution in [0.15, 0.2) is 0 Å². The molecule has 0 unspecified atom stereocenters. The van der Waals surface area contributed by atoms with Crippen LogP contribution in [-0.4, -0.2) is 25.7 Å². The summed E-state index contributed by atoms with van der Waals surface area (Å²) < 4.78 is 0. The van der Waals surface area contributed by atoms with Crippen LogP contribution in [0.4, 0.5) is 0 Å². The third-order valence-corrected chi connectivity index (χ3v) is 9.89. The van der Waals surface area contributed by atoms with Crippen molar-refractivity contribution in [3.8, 4) is 0 Å². The van der Waals surface area contributed by atoms with Crippen LogP contribution < -0.4 is 0 Å². The van der Waals surface area contributed by atoms with Gasteiger partial charge in [-0.3, -0.25) is 0 Å². The monoisotopic (exact) mass is 310 g/mol. The molecule has 0 nitrogen and oxygen atoms in total. The van der Waals surface area contributed by atoms with Gasteiger partial charge in [-0.05, 0) is 0 Å². The molecule has 0 heterocycles. The molecule has 2 heteroatoms. The van der Waals surface area contributed by atoms with Crippen molar-refractivity contribution in [1.29, 1.82) is 0 Å². The summed E-state index contributed by atoms with van der Waals surface area (Å²) in [6.45, 7) is 9.55. The summed E-state index contributed by atoms with van der Waals surface area (Å²) in [5.41, 5.74) is 0. The summed E-state index contributed by atoms with van der Waals surface area (Å²) >= 11 is 4.02. The van der Waals surface area contributed by atoms with E-state index in [-0.39, 0.29) is 0 Å². The maximum atomic E-state index is 4.02. The van der Waals surface area contributed by atoms with Crippen molar-refractivity contribution >= 4 is 20.8 Å². The van der Waals surface area contributed by atoms with E-state index in [0.717, 1.165) is 0 Å². The van der Waals surface area contributed by atoms with Gasteiger partial charge in [-0.25, -0.2) is 0 Å². The fraction of sp³-hybridized carbons (Fsp3) is 1.00. The fourth-order valence-electron chi connectivity index (χ4n) is 1.89. The summed E-state index contributed by atoms with van der Waals surface area (Å²) in [6.07, 6.45) is 14.2. The Labute approximate surface area is 112 Å². The Morgan fingerprint density at radius 1 is 0.750 bits per heavy atom. The van der Waals surface area contributed by atoms with Crippen molar-refractivity contribution in [2.45, 2.75) is 65.2 Å². The van der Waals surface area contributed by atoms with Crippen molar-refractivity contribution in [2.24, 2.45) is 0 Å². The van der Waals surface area contributed by atoms with E-state index in [1.165, 1.54) is 63.7 Å². The molecule has 16 heavy (non-hydrogen) atoms. The van der Waals surface area contributed by atoms with Crippen LogP contribution in [0.2, 0.25) is 0 Å². The Morgan fingerprint density at radius 3 is 1.62 bits per heavy atom. The molecule has 100 valence electrons. The topological polar surface area (TPSA) is 0 Å². The van der Waals surface area contributed by atoms with Crippen molar-refractivity contribution < 1.29 is 0 Å². The molecular weight excluding hydrogens is 279 g/mol. The summed E-state index contributed by atoms with van der Waals surface area (Å²) in [5, 5.41) is -1.41. The molecule has 0 bridgehead atoms. The van der Waals surface area contributed by atoms with Crippen molar-refractivity contribution in [3.63, 3.8) is 0 Å². The average molecular weight is 311 g/mol. The van der Waals surface area contributed by atoms with Gasteiger partial charge in [0.05, 0.1) is 0 Å². The van der Waals surface area contributed by atoms with Gasteiger partial charge in [0.15, 0.2) is 0 Å². The maximum absolute atomic E-state index is 4.02. The van der Waals surface area contributed by atoms with E-state index in [0.29, 0.717) is 0 Å². The average Bonchev–Trinajstić information content (AvgIpc) is 2.22. The molecule has 0 saturated carbocycles. The predicted octanol–water partition coefficient (Wildman–Crippen LogP) is 6.27. The molecule has 0 aromatic rings. The van der Waals surface area contributed by atoms with Gasteiger partial charge >= 0.3 is 112 Å². The van der Waals surface area contributed by atoms with E-state index >= 15 is 0 Å². The minimum absolute atomic E-state index is 1.34. The van der Waals surface area contributed by atoms with Crippen molar-refractivity contribution in [1.82, 2.24) is 0 Å². The Kier molecular flexibility index (Phi) is 8.55. The second kappa shape index (κ2) is 8.09. The first-order valence-corrected chi connectivity index (χ1v) is 12.6. The SMILES string of the molecule is CCCCCCCCCCP(C)(C)(Br)CC. The molecule has 0 amide bonds. The number of unbranched alkanes of at least 4 members (excludes halogenated alkanes) is 7. The summed E-state index contributed by atoms with van der Waals surface area (Å²) in [6, 6.07) is 0. The van der Waals surface area contributed by atoms with E-state index in [1.54, 1.807) is 0 Å². The zero-order valence-corrected chi connectivity index (χ0v) is 14.4. The second-order valence-electron chi connectivity index (χ2n) is 6.03. The first-order valence-electron chi connectivity index (χ1n) is 7.11. The molecule has 0 spiro atoms. The fourth-order valence-corrected chi connectivity index (χ4v) is 4.16. The molecule has 0 aliphatic carbocycles.